The van der Waals surface area contributed by atoms with E-state index in [4.69, 9.17) is 18.9 Å². The molecule has 2 N–H and O–H groups in total. The van der Waals surface area contributed by atoms with E-state index >= 15 is 0 Å². The highest BCUT2D eigenvalue weighted by Gasteiger charge is 2.07. The van der Waals surface area contributed by atoms with Gasteiger partial charge in [0.15, 0.2) is 0 Å². The molecule has 0 radical (unpaired) electrons. The van der Waals surface area contributed by atoms with Crippen molar-refractivity contribution in [3.63, 3.8) is 0 Å². The number of unbranched alkanes of at least 4 members (excludes halogenated alkanes) is 3. The maximum absolute atomic E-state index is 11.6. The quantitative estimate of drug-likeness (QED) is 0.151. The maximum Gasteiger partial charge on any atom is 0.407 e. The topological polar surface area (TPSA) is 129 Å². The molecular formula is C28H32N2O8. The molecular weight excluding hydrogens is 492 g/mol. The number of ether oxygens (including phenoxy) is 4. The van der Waals surface area contributed by atoms with Crippen molar-refractivity contribution in [2.24, 2.45) is 0 Å². The summed E-state index contributed by atoms with van der Waals surface area (Å²) in [5, 5.41) is 4.65. The van der Waals surface area contributed by atoms with Crippen LogP contribution in [-0.4, -0.2) is 37.2 Å². The van der Waals surface area contributed by atoms with Gasteiger partial charge in [0, 0.05) is 0 Å². The van der Waals surface area contributed by atoms with E-state index in [0.29, 0.717) is 12.8 Å². The van der Waals surface area contributed by atoms with Crippen molar-refractivity contribution < 1.29 is 38.1 Å². The molecule has 0 unspecified atom stereocenters. The van der Waals surface area contributed by atoms with Crippen molar-refractivity contribution in [1.29, 1.82) is 0 Å². The molecule has 0 saturated heterocycles. The predicted molar refractivity (Wildman–Crippen MR) is 138 cm³/mol. The van der Waals surface area contributed by atoms with Gasteiger partial charge in [0.1, 0.15) is 26.3 Å². The van der Waals surface area contributed by atoms with Crippen molar-refractivity contribution in [1.82, 2.24) is 10.6 Å². The summed E-state index contributed by atoms with van der Waals surface area (Å²) in [6, 6.07) is 18.4. The van der Waals surface area contributed by atoms with Crippen molar-refractivity contribution in [3.8, 4) is 0 Å². The summed E-state index contributed by atoms with van der Waals surface area (Å²) in [5.74, 6) is -1.22. The van der Waals surface area contributed by atoms with Crippen LogP contribution in [0, 0.1) is 0 Å². The van der Waals surface area contributed by atoms with Crippen LogP contribution in [-0.2, 0) is 41.8 Å². The lowest BCUT2D eigenvalue weighted by molar-refractivity contribution is -0.137. The van der Waals surface area contributed by atoms with E-state index in [0.717, 1.165) is 24.0 Å². The molecule has 2 amide bonds. The number of hydrogen-bond donors (Lipinski definition) is 2. The first-order valence-corrected chi connectivity index (χ1v) is 12.1. The Morgan fingerprint density at radius 2 is 1.00 bits per heavy atom. The summed E-state index contributed by atoms with van der Waals surface area (Å²) < 4.78 is 19.8. The molecule has 0 aliphatic carbocycles. The molecule has 0 heterocycles. The third-order valence-corrected chi connectivity index (χ3v) is 4.76. The van der Waals surface area contributed by atoms with Gasteiger partial charge < -0.3 is 29.6 Å². The number of allylic oxidation sites excluding steroid dienone is 2. The van der Waals surface area contributed by atoms with Crippen LogP contribution in [0.1, 0.15) is 36.8 Å². The molecule has 0 aliphatic heterocycles. The highest BCUT2D eigenvalue weighted by atomic mass is 16.6. The summed E-state index contributed by atoms with van der Waals surface area (Å²) in [5.41, 5.74) is 1.69. The molecule has 0 aliphatic rings. The Balaban J connectivity index is 1.41. The molecule has 2 aromatic rings. The molecule has 0 saturated carbocycles. The SMILES string of the molecule is O=C(CNC(=O)OCc1ccccc1)O/C=C\CCCC/C=C\OC(=O)CNC(=O)OCc1ccccc1. The smallest absolute Gasteiger partial charge is 0.407 e. The average molecular weight is 525 g/mol. The van der Waals surface area contributed by atoms with E-state index in [-0.39, 0.29) is 26.3 Å². The van der Waals surface area contributed by atoms with Crippen molar-refractivity contribution in [3.05, 3.63) is 96.5 Å². The molecule has 2 aromatic carbocycles. The molecule has 2 rings (SSSR count). The third kappa shape index (κ3) is 14.7. The van der Waals surface area contributed by atoms with Crippen molar-refractivity contribution >= 4 is 24.1 Å². The zero-order valence-corrected chi connectivity index (χ0v) is 21.0. The fraction of sp³-hybridized carbons (Fsp3) is 0.286. The molecule has 0 atom stereocenters. The number of nitrogens with one attached hydrogen (secondary N) is 2. The minimum Gasteiger partial charge on any atom is -0.445 e. The fourth-order valence-corrected chi connectivity index (χ4v) is 2.83. The first kappa shape index (κ1) is 29.6. The van der Waals surface area contributed by atoms with Gasteiger partial charge in [-0.25, -0.2) is 19.2 Å². The predicted octanol–water partition coefficient (Wildman–Crippen LogP) is 4.51. The van der Waals surface area contributed by atoms with E-state index in [9.17, 15) is 19.2 Å². The number of carbonyl (C=O) groups excluding carboxylic acids is 4. The number of esters is 2. The zero-order chi connectivity index (χ0) is 27.3. The van der Waals surface area contributed by atoms with E-state index < -0.39 is 24.1 Å². The Hall–Kier alpha value is -4.60. The molecule has 38 heavy (non-hydrogen) atoms. The number of rotatable bonds is 15. The molecule has 0 bridgehead atoms. The zero-order valence-electron chi connectivity index (χ0n) is 21.0. The molecule has 10 nitrogen and oxygen atoms in total. The van der Waals surface area contributed by atoms with Gasteiger partial charge >= 0.3 is 24.1 Å². The monoisotopic (exact) mass is 524 g/mol. The van der Waals surface area contributed by atoms with Crippen LogP contribution in [0.2, 0.25) is 0 Å². The number of hydrogen-bond acceptors (Lipinski definition) is 8. The Morgan fingerprint density at radius 1 is 0.605 bits per heavy atom. The first-order chi connectivity index (χ1) is 18.5. The minimum atomic E-state index is -0.703. The van der Waals surface area contributed by atoms with Gasteiger partial charge in [0.25, 0.3) is 0 Å². The van der Waals surface area contributed by atoms with E-state index in [1.165, 1.54) is 12.5 Å². The van der Waals surface area contributed by atoms with Crippen LogP contribution < -0.4 is 10.6 Å². The Bertz CT molecular complexity index is 970. The van der Waals surface area contributed by atoms with Gasteiger partial charge in [-0.2, -0.15) is 0 Å². The van der Waals surface area contributed by atoms with Crippen molar-refractivity contribution in [2.75, 3.05) is 13.1 Å². The van der Waals surface area contributed by atoms with Crippen LogP contribution in [0.3, 0.4) is 0 Å². The van der Waals surface area contributed by atoms with Crippen LogP contribution in [0.15, 0.2) is 85.3 Å². The van der Waals surface area contributed by atoms with Crippen LogP contribution in [0.4, 0.5) is 9.59 Å². The number of benzene rings is 2. The van der Waals surface area contributed by atoms with E-state index in [1.54, 1.807) is 12.2 Å². The van der Waals surface area contributed by atoms with Gasteiger partial charge in [-0.3, -0.25) is 0 Å². The Morgan fingerprint density at radius 3 is 1.39 bits per heavy atom. The molecule has 0 aromatic heterocycles. The highest BCUT2D eigenvalue weighted by Crippen LogP contribution is 2.03. The van der Waals surface area contributed by atoms with Gasteiger partial charge in [0.2, 0.25) is 0 Å². The van der Waals surface area contributed by atoms with Gasteiger partial charge in [-0.1, -0.05) is 60.7 Å². The van der Waals surface area contributed by atoms with Gasteiger partial charge in [0.05, 0.1) is 12.5 Å². The van der Waals surface area contributed by atoms with Gasteiger partial charge in [-0.05, 0) is 49.0 Å². The molecule has 0 fully saturated rings. The lowest BCUT2D eigenvalue weighted by Gasteiger charge is -2.06. The third-order valence-electron chi connectivity index (χ3n) is 4.76. The summed E-state index contributed by atoms with van der Waals surface area (Å²) >= 11 is 0. The Kier molecular flexibility index (Phi) is 14.5. The molecule has 202 valence electrons. The summed E-state index contributed by atoms with van der Waals surface area (Å²) in [6.45, 7) is -0.372. The number of alkyl carbamates (subject to hydrolysis) is 2. The second-order valence-electron chi connectivity index (χ2n) is 7.84. The van der Waals surface area contributed by atoms with E-state index in [2.05, 4.69) is 10.6 Å². The lowest BCUT2D eigenvalue weighted by Crippen LogP contribution is -2.30. The highest BCUT2D eigenvalue weighted by molar-refractivity contribution is 5.78. The molecule has 0 spiro atoms. The second-order valence-corrected chi connectivity index (χ2v) is 7.84. The van der Waals surface area contributed by atoms with Crippen LogP contribution >= 0.6 is 0 Å². The standard InChI is InChI=1S/C28H32N2O8/c31-25(19-29-27(33)37-21-23-13-7-5-8-14-23)35-17-11-3-1-2-4-12-18-36-26(32)20-30-28(34)38-22-24-15-9-6-10-16-24/h5-18H,1-4,19-22H2,(H,29,33)(H,30,34)/b17-11-,18-12-. The minimum absolute atomic E-state index is 0.114. The summed E-state index contributed by atoms with van der Waals surface area (Å²) in [6.07, 6.45) is 7.60. The second kappa shape index (κ2) is 18.6. The summed E-state index contributed by atoms with van der Waals surface area (Å²) in [4.78, 5) is 46.5. The van der Waals surface area contributed by atoms with Crippen molar-refractivity contribution in [2.45, 2.75) is 38.9 Å². The van der Waals surface area contributed by atoms with Gasteiger partial charge in [-0.15, -0.1) is 0 Å². The number of carbonyl (C=O) groups is 4. The summed E-state index contributed by atoms with van der Waals surface area (Å²) in [7, 11) is 0. The Labute approximate surface area is 221 Å². The van der Waals surface area contributed by atoms with Crippen LogP contribution in [0.25, 0.3) is 0 Å². The van der Waals surface area contributed by atoms with E-state index in [1.807, 2.05) is 60.7 Å². The lowest BCUT2D eigenvalue weighted by atomic mass is 10.2. The normalized spacial score (nSPS) is 10.6. The first-order valence-electron chi connectivity index (χ1n) is 12.1. The largest absolute Gasteiger partial charge is 0.445 e. The van der Waals surface area contributed by atoms with Crippen LogP contribution in [0.5, 0.6) is 0 Å². The number of amides is 2. The fourth-order valence-electron chi connectivity index (χ4n) is 2.83. The average Bonchev–Trinajstić information content (AvgIpc) is 2.94. The maximum atomic E-state index is 11.6. The molecule has 10 heteroatoms.